The maximum absolute atomic E-state index is 12.5. The van der Waals surface area contributed by atoms with E-state index in [9.17, 15) is 8.78 Å². The maximum Gasteiger partial charge on any atom is 0.387 e. The number of benzene rings is 2. The number of aromatic nitrogens is 2. The summed E-state index contributed by atoms with van der Waals surface area (Å²) < 4.78 is 34.8. The Labute approximate surface area is 177 Å². The summed E-state index contributed by atoms with van der Waals surface area (Å²) in [5, 5.41) is 10.7. The molecule has 10 heteroatoms. The summed E-state index contributed by atoms with van der Waals surface area (Å²) in [5.74, 6) is 1.54. The number of hydrogen-bond acceptors (Lipinski definition) is 5. The molecule has 3 rings (SSSR count). The summed E-state index contributed by atoms with van der Waals surface area (Å²) >= 11 is 5.98. The highest BCUT2D eigenvalue weighted by Gasteiger charge is 2.11. The van der Waals surface area contributed by atoms with Crippen LogP contribution in [-0.4, -0.2) is 36.3 Å². The predicted molar refractivity (Wildman–Crippen MR) is 110 cm³/mol. The van der Waals surface area contributed by atoms with Gasteiger partial charge < -0.3 is 19.9 Å². The Morgan fingerprint density at radius 3 is 2.80 bits per heavy atom. The van der Waals surface area contributed by atoms with Crippen molar-refractivity contribution in [2.24, 2.45) is 4.99 Å². The largest absolute Gasteiger partial charge is 0.434 e. The second-order valence-electron chi connectivity index (χ2n) is 6.11. The Bertz CT molecular complexity index is 997. The molecule has 0 aliphatic rings. The molecule has 0 unspecified atom stereocenters. The van der Waals surface area contributed by atoms with Gasteiger partial charge in [-0.15, -0.1) is 0 Å². The van der Waals surface area contributed by atoms with Crippen molar-refractivity contribution < 1.29 is 18.0 Å². The van der Waals surface area contributed by atoms with Crippen molar-refractivity contribution in [2.45, 2.75) is 19.6 Å². The summed E-state index contributed by atoms with van der Waals surface area (Å²) in [6, 6.07) is 13.8. The molecule has 1 aromatic heterocycles. The number of nitrogens with zero attached hydrogens (tertiary/aromatic N) is 3. The van der Waals surface area contributed by atoms with Crippen LogP contribution < -0.4 is 15.4 Å². The smallest absolute Gasteiger partial charge is 0.387 e. The van der Waals surface area contributed by atoms with Crippen LogP contribution in [0.5, 0.6) is 5.75 Å². The molecule has 0 bridgehead atoms. The highest BCUT2D eigenvalue weighted by molar-refractivity contribution is 6.30. The summed E-state index contributed by atoms with van der Waals surface area (Å²) in [5.41, 5.74) is 1.36. The van der Waals surface area contributed by atoms with Gasteiger partial charge in [-0.05, 0) is 18.2 Å². The van der Waals surface area contributed by atoms with Crippen molar-refractivity contribution >= 4 is 17.6 Å². The number of rotatable bonds is 8. The van der Waals surface area contributed by atoms with Crippen molar-refractivity contribution in [1.82, 2.24) is 20.8 Å². The minimum absolute atomic E-state index is 0.120. The number of aliphatic imine (C=N–C) groups is 1. The van der Waals surface area contributed by atoms with E-state index in [2.05, 4.69) is 30.5 Å². The van der Waals surface area contributed by atoms with E-state index >= 15 is 0 Å². The van der Waals surface area contributed by atoms with Gasteiger partial charge in [0.1, 0.15) is 5.75 Å². The van der Waals surface area contributed by atoms with Gasteiger partial charge in [0.25, 0.3) is 0 Å². The van der Waals surface area contributed by atoms with Crippen LogP contribution in [0.25, 0.3) is 11.4 Å². The summed E-state index contributed by atoms with van der Waals surface area (Å²) in [4.78, 5) is 8.46. The lowest BCUT2D eigenvalue weighted by Crippen LogP contribution is -2.38. The van der Waals surface area contributed by atoms with E-state index in [1.54, 1.807) is 37.4 Å². The van der Waals surface area contributed by atoms with Crippen molar-refractivity contribution in [1.29, 1.82) is 0 Å². The van der Waals surface area contributed by atoms with Crippen LogP contribution in [0.15, 0.2) is 58.0 Å². The maximum atomic E-state index is 12.5. The first-order valence-corrected chi connectivity index (χ1v) is 9.48. The molecular weight excluding hydrogens is 416 g/mol. The zero-order chi connectivity index (χ0) is 21.3. The predicted octanol–water partition coefficient (Wildman–Crippen LogP) is 3.90. The van der Waals surface area contributed by atoms with Gasteiger partial charge in [0, 0.05) is 42.7 Å². The number of alkyl halides is 2. The quantitative estimate of drug-likeness (QED) is 0.412. The molecular formula is C20H20ClF2N5O2. The first kappa shape index (κ1) is 21.5. The molecule has 30 heavy (non-hydrogen) atoms. The zero-order valence-corrected chi connectivity index (χ0v) is 16.9. The van der Waals surface area contributed by atoms with E-state index in [-0.39, 0.29) is 12.3 Å². The molecule has 2 N–H and O–H groups in total. The second kappa shape index (κ2) is 10.5. The third-order valence-electron chi connectivity index (χ3n) is 4.04. The molecule has 0 saturated heterocycles. The molecule has 0 atom stereocenters. The minimum atomic E-state index is -2.88. The third-order valence-corrected chi connectivity index (χ3v) is 4.28. The number of guanidine groups is 1. The first-order valence-electron chi connectivity index (χ1n) is 9.11. The summed E-state index contributed by atoms with van der Waals surface area (Å²) in [6.07, 6.45) is 0.472. The molecule has 158 valence electrons. The van der Waals surface area contributed by atoms with E-state index in [1.807, 2.05) is 12.1 Å². The fraction of sp³-hybridized carbons (Fsp3) is 0.250. The van der Waals surface area contributed by atoms with Gasteiger partial charge in [-0.1, -0.05) is 47.1 Å². The summed E-state index contributed by atoms with van der Waals surface area (Å²) in [6.45, 7) is -2.14. The van der Waals surface area contributed by atoms with Crippen LogP contribution in [-0.2, 0) is 13.0 Å². The standard InChI is InChI=1S/C20H20ClF2N5O2/c1-24-20(26-12-14-5-2-3-8-16(14)29-19(22)23)25-10-9-17-27-18(28-30-17)13-6-4-7-15(21)11-13/h2-8,11,19H,9-10,12H2,1H3,(H2,24,25,26). The van der Waals surface area contributed by atoms with Crippen molar-refractivity contribution in [3.8, 4) is 17.1 Å². The molecule has 2 aromatic carbocycles. The van der Waals surface area contributed by atoms with Crippen LogP contribution in [0.2, 0.25) is 5.02 Å². The lowest BCUT2D eigenvalue weighted by atomic mass is 10.2. The van der Waals surface area contributed by atoms with Crippen LogP contribution in [0.3, 0.4) is 0 Å². The molecule has 7 nitrogen and oxygen atoms in total. The Morgan fingerprint density at radius 2 is 2.03 bits per heavy atom. The van der Waals surface area contributed by atoms with Gasteiger partial charge >= 0.3 is 6.61 Å². The van der Waals surface area contributed by atoms with Gasteiger partial charge in [-0.2, -0.15) is 13.8 Å². The Kier molecular flexibility index (Phi) is 7.56. The van der Waals surface area contributed by atoms with E-state index in [0.717, 1.165) is 5.56 Å². The Hall–Kier alpha value is -3.20. The van der Waals surface area contributed by atoms with Gasteiger partial charge in [0.15, 0.2) is 5.96 Å². The molecule has 0 radical (unpaired) electrons. The SMILES string of the molecule is CN=C(NCCc1nc(-c2cccc(Cl)c2)no1)NCc1ccccc1OC(F)F. The molecule has 0 aliphatic carbocycles. The van der Waals surface area contributed by atoms with Crippen molar-refractivity contribution in [3.63, 3.8) is 0 Å². The average Bonchev–Trinajstić information content (AvgIpc) is 3.20. The number of hydrogen-bond donors (Lipinski definition) is 2. The molecule has 0 fully saturated rings. The molecule has 0 aliphatic heterocycles. The molecule has 0 spiro atoms. The lowest BCUT2D eigenvalue weighted by Gasteiger charge is -2.14. The van der Waals surface area contributed by atoms with Crippen molar-refractivity contribution in [3.05, 3.63) is 65.0 Å². The number of ether oxygens (including phenoxy) is 1. The lowest BCUT2D eigenvalue weighted by molar-refractivity contribution is -0.0504. The van der Waals surface area contributed by atoms with E-state index < -0.39 is 6.61 Å². The van der Waals surface area contributed by atoms with Crippen LogP contribution in [0, 0.1) is 0 Å². The number of nitrogens with one attached hydrogen (secondary N) is 2. The molecule has 3 aromatic rings. The van der Waals surface area contributed by atoms with E-state index in [4.69, 9.17) is 16.1 Å². The average molecular weight is 436 g/mol. The fourth-order valence-electron chi connectivity index (χ4n) is 2.65. The van der Waals surface area contributed by atoms with Gasteiger partial charge in [-0.25, -0.2) is 0 Å². The molecule has 0 saturated carbocycles. The van der Waals surface area contributed by atoms with Crippen LogP contribution in [0.1, 0.15) is 11.5 Å². The van der Waals surface area contributed by atoms with Crippen LogP contribution in [0.4, 0.5) is 8.78 Å². The van der Waals surface area contributed by atoms with Gasteiger partial charge in [-0.3, -0.25) is 4.99 Å². The van der Waals surface area contributed by atoms with Crippen molar-refractivity contribution in [2.75, 3.05) is 13.6 Å². The summed E-state index contributed by atoms with van der Waals surface area (Å²) in [7, 11) is 1.61. The normalized spacial score (nSPS) is 11.6. The zero-order valence-electron chi connectivity index (χ0n) is 16.1. The first-order chi connectivity index (χ1) is 14.5. The van der Waals surface area contributed by atoms with Gasteiger partial charge in [0.05, 0.1) is 0 Å². The topological polar surface area (TPSA) is 84.6 Å². The highest BCUT2D eigenvalue weighted by atomic mass is 35.5. The number of halogens is 3. The monoisotopic (exact) mass is 435 g/mol. The number of para-hydroxylation sites is 1. The van der Waals surface area contributed by atoms with Gasteiger partial charge in [0.2, 0.25) is 11.7 Å². The third kappa shape index (κ3) is 6.15. The van der Waals surface area contributed by atoms with E-state index in [0.29, 0.717) is 41.2 Å². The minimum Gasteiger partial charge on any atom is -0.434 e. The highest BCUT2D eigenvalue weighted by Crippen LogP contribution is 2.21. The van der Waals surface area contributed by atoms with E-state index in [1.165, 1.54) is 6.07 Å². The fourth-order valence-corrected chi connectivity index (χ4v) is 2.84. The molecule has 1 heterocycles. The van der Waals surface area contributed by atoms with Crippen LogP contribution >= 0.6 is 11.6 Å². The second-order valence-corrected chi connectivity index (χ2v) is 6.55. The Balaban J connectivity index is 1.50. The molecule has 0 amide bonds. The Morgan fingerprint density at radius 1 is 1.20 bits per heavy atom.